The van der Waals surface area contributed by atoms with Crippen molar-refractivity contribution < 1.29 is 9.53 Å². The maximum atomic E-state index is 11.4. The molecule has 1 atom stereocenters. The molecule has 1 aliphatic heterocycles. The van der Waals surface area contributed by atoms with Crippen LogP contribution in [-0.4, -0.2) is 5.97 Å². The summed E-state index contributed by atoms with van der Waals surface area (Å²) in [4.78, 5) is 11.4. The number of para-hydroxylation sites is 1. The van der Waals surface area contributed by atoms with Crippen molar-refractivity contribution >= 4 is 5.97 Å². The van der Waals surface area contributed by atoms with Gasteiger partial charge in [-0.1, -0.05) is 25.1 Å². The van der Waals surface area contributed by atoms with Crippen LogP contribution in [0.15, 0.2) is 24.3 Å². The summed E-state index contributed by atoms with van der Waals surface area (Å²) in [5, 5.41) is 0. The van der Waals surface area contributed by atoms with Crippen LogP contribution in [0.5, 0.6) is 5.75 Å². The molecule has 0 amide bonds. The van der Waals surface area contributed by atoms with E-state index in [-0.39, 0.29) is 11.9 Å². The molecular weight excluding hydrogens is 164 g/mol. The number of aryl methyl sites for hydroxylation is 1. The lowest BCUT2D eigenvalue weighted by Crippen LogP contribution is -2.15. The van der Waals surface area contributed by atoms with Crippen molar-refractivity contribution in [1.29, 1.82) is 0 Å². The molecule has 0 unspecified atom stereocenters. The molecule has 0 fully saturated rings. The number of fused-ring (bicyclic) bond motifs is 1. The first kappa shape index (κ1) is 8.30. The van der Waals surface area contributed by atoms with Gasteiger partial charge in [0.25, 0.3) is 0 Å². The van der Waals surface area contributed by atoms with Crippen LogP contribution in [0.2, 0.25) is 0 Å². The summed E-state index contributed by atoms with van der Waals surface area (Å²) in [5.74, 6) is 0.647. The molecule has 2 heteroatoms. The largest absolute Gasteiger partial charge is 0.426 e. The zero-order valence-electron chi connectivity index (χ0n) is 7.62. The van der Waals surface area contributed by atoms with Crippen LogP contribution in [0.3, 0.4) is 0 Å². The first-order valence-electron chi connectivity index (χ1n) is 4.57. The molecule has 0 bridgehead atoms. The molecule has 0 spiro atoms. The van der Waals surface area contributed by atoms with Crippen molar-refractivity contribution in [2.45, 2.75) is 19.8 Å². The highest BCUT2D eigenvalue weighted by molar-refractivity contribution is 5.75. The van der Waals surface area contributed by atoms with Gasteiger partial charge in [0.15, 0.2) is 0 Å². The van der Waals surface area contributed by atoms with Gasteiger partial charge in [0.2, 0.25) is 0 Å². The van der Waals surface area contributed by atoms with Gasteiger partial charge in [0, 0.05) is 0 Å². The Bertz CT molecular complexity index is 331. The van der Waals surface area contributed by atoms with E-state index in [2.05, 4.69) is 0 Å². The van der Waals surface area contributed by atoms with E-state index in [1.54, 1.807) is 0 Å². The van der Waals surface area contributed by atoms with Crippen LogP contribution in [0.1, 0.15) is 18.9 Å². The molecule has 1 aromatic carbocycles. The Hall–Kier alpha value is -1.31. The van der Waals surface area contributed by atoms with E-state index in [0.717, 1.165) is 24.2 Å². The molecule has 0 saturated carbocycles. The van der Waals surface area contributed by atoms with Crippen molar-refractivity contribution in [3.05, 3.63) is 29.8 Å². The van der Waals surface area contributed by atoms with E-state index in [0.29, 0.717) is 0 Å². The van der Waals surface area contributed by atoms with E-state index in [1.807, 2.05) is 31.2 Å². The molecule has 2 nitrogen and oxygen atoms in total. The third kappa shape index (κ3) is 1.57. The first-order chi connectivity index (χ1) is 6.27. The fourth-order valence-corrected chi connectivity index (χ4v) is 1.51. The van der Waals surface area contributed by atoms with Gasteiger partial charge in [-0.25, -0.2) is 0 Å². The van der Waals surface area contributed by atoms with Crippen molar-refractivity contribution in [1.82, 2.24) is 0 Å². The monoisotopic (exact) mass is 176 g/mol. The van der Waals surface area contributed by atoms with Gasteiger partial charge >= 0.3 is 5.97 Å². The van der Waals surface area contributed by atoms with Gasteiger partial charge in [-0.05, 0) is 24.5 Å². The quantitative estimate of drug-likeness (QED) is 0.447. The third-order valence-corrected chi connectivity index (χ3v) is 2.43. The molecule has 0 radical (unpaired) electrons. The highest BCUT2D eigenvalue weighted by Crippen LogP contribution is 2.25. The van der Waals surface area contributed by atoms with Crippen LogP contribution in [0.4, 0.5) is 0 Å². The Morgan fingerprint density at radius 3 is 3.00 bits per heavy atom. The molecule has 0 aliphatic carbocycles. The zero-order valence-corrected chi connectivity index (χ0v) is 7.62. The SMILES string of the molecule is C[C@@H]1CCc2ccccc2OC1=O. The second kappa shape index (κ2) is 3.21. The smallest absolute Gasteiger partial charge is 0.314 e. The summed E-state index contributed by atoms with van der Waals surface area (Å²) < 4.78 is 5.23. The standard InChI is InChI=1S/C11H12O2/c1-8-6-7-9-4-2-3-5-10(9)13-11(8)12/h2-5,8H,6-7H2,1H3/t8-/m1/s1. The Kier molecular flexibility index (Phi) is 2.05. The molecule has 1 aliphatic rings. The predicted molar refractivity (Wildman–Crippen MR) is 49.6 cm³/mol. The topological polar surface area (TPSA) is 26.3 Å². The lowest BCUT2D eigenvalue weighted by Gasteiger charge is -2.04. The third-order valence-electron chi connectivity index (χ3n) is 2.43. The number of hydrogen-bond acceptors (Lipinski definition) is 2. The number of ether oxygens (including phenoxy) is 1. The molecule has 0 saturated heterocycles. The van der Waals surface area contributed by atoms with Gasteiger partial charge in [-0.2, -0.15) is 0 Å². The van der Waals surface area contributed by atoms with E-state index in [9.17, 15) is 4.79 Å². The average molecular weight is 176 g/mol. The predicted octanol–water partition coefficient (Wildman–Crippen LogP) is 2.17. The Morgan fingerprint density at radius 2 is 2.15 bits per heavy atom. The first-order valence-corrected chi connectivity index (χ1v) is 4.57. The van der Waals surface area contributed by atoms with E-state index in [4.69, 9.17) is 4.74 Å². The molecule has 13 heavy (non-hydrogen) atoms. The Balaban J connectivity index is 2.35. The molecule has 1 aromatic rings. The van der Waals surface area contributed by atoms with E-state index < -0.39 is 0 Å². The van der Waals surface area contributed by atoms with Gasteiger partial charge < -0.3 is 4.74 Å². The second-order valence-corrected chi connectivity index (χ2v) is 3.47. The van der Waals surface area contributed by atoms with Crippen molar-refractivity contribution in [3.8, 4) is 5.75 Å². The summed E-state index contributed by atoms with van der Waals surface area (Å²) in [7, 11) is 0. The van der Waals surface area contributed by atoms with Gasteiger partial charge in [-0.15, -0.1) is 0 Å². The number of rotatable bonds is 0. The number of esters is 1. The van der Waals surface area contributed by atoms with Gasteiger partial charge in [0.1, 0.15) is 5.75 Å². The average Bonchev–Trinajstić information content (AvgIpc) is 2.28. The highest BCUT2D eigenvalue weighted by atomic mass is 16.5. The van der Waals surface area contributed by atoms with Crippen LogP contribution in [-0.2, 0) is 11.2 Å². The number of carbonyl (C=O) groups is 1. The fraction of sp³-hybridized carbons (Fsp3) is 0.364. The summed E-state index contributed by atoms with van der Waals surface area (Å²) in [6, 6.07) is 7.73. The lowest BCUT2D eigenvalue weighted by atomic mass is 10.0. The lowest BCUT2D eigenvalue weighted by molar-refractivity contribution is -0.138. The molecule has 0 N–H and O–H groups in total. The number of benzene rings is 1. The molecular formula is C11H12O2. The van der Waals surface area contributed by atoms with Crippen molar-refractivity contribution in [2.24, 2.45) is 5.92 Å². The van der Waals surface area contributed by atoms with Crippen molar-refractivity contribution in [3.63, 3.8) is 0 Å². The van der Waals surface area contributed by atoms with Crippen LogP contribution in [0, 0.1) is 5.92 Å². The Labute approximate surface area is 77.5 Å². The van der Waals surface area contributed by atoms with Crippen molar-refractivity contribution in [2.75, 3.05) is 0 Å². The fourth-order valence-electron chi connectivity index (χ4n) is 1.51. The maximum Gasteiger partial charge on any atom is 0.314 e. The summed E-state index contributed by atoms with van der Waals surface area (Å²) >= 11 is 0. The minimum Gasteiger partial charge on any atom is -0.426 e. The van der Waals surface area contributed by atoms with Gasteiger partial charge in [0.05, 0.1) is 5.92 Å². The Morgan fingerprint density at radius 1 is 1.38 bits per heavy atom. The number of hydrogen-bond donors (Lipinski definition) is 0. The maximum absolute atomic E-state index is 11.4. The van der Waals surface area contributed by atoms with Gasteiger partial charge in [-0.3, -0.25) is 4.79 Å². The summed E-state index contributed by atoms with van der Waals surface area (Å²) in [5.41, 5.74) is 1.14. The molecule has 1 heterocycles. The van der Waals surface area contributed by atoms with E-state index >= 15 is 0 Å². The molecule has 68 valence electrons. The zero-order chi connectivity index (χ0) is 9.26. The second-order valence-electron chi connectivity index (χ2n) is 3.47. The molecule has 0 aromatic heterocycles. The highest BCUT2D eigenvalue weighted by Gasteiger charge is 2.20. The van der Waals surface area contributed by atoms with Crippen LogP contribution in [0.25, 0.3) is 0 Å². The summed E-state index contributed by atoms with van der Waals surface area (Å²) in [6.07, 6.45) is 1.82. The number of carbonyl (C=O) groups excluding carboxylic acids is 1. The minimum atomic E-state index is -0.107. The van der Waals surface area contributed by atoms with E-state index in [1.165, 1.54) is 0 Å². The summed E-state index contributed by atoms with van der Waals surface area (Å²) in [6.45, 7) is 1.91. The molecule has 2 rings (SSSR count). The normalized spacial score (nSPS) is 21.6. The minimum absolute atomic E-state index is 0.0207. The van der Waals surface area contributed by atoms with Crippen LogP contribution < -0.4 is 4.74 Å². The van der Waals surface area contributed by atoms with Crippen LogP contribution >= 0.6 is 0 Å².